The molecule has 0 saturated heterocycles. The van der Waals surface area contributed by atoms with Crippen molar-refractivity contribution < 1.29 is 4.74 Å². The van der Waals surface area contributed by atoms with Crippen LogP contribution in [0.4, 0.5) is 0 Å². The van der Waals surface area contributed by atoms with Gasteiger partial charge in [-0.05, 0) is 43.6 Å². The maximum absolute atomic E-state index is 5.49. The lowest BCUT2D eigenvalue weighted by molar-refractivity contribution is 0.406. The number of rotatable bonds is 3. The monoisotopic (exact) mass is 294 g/mol. The summed E-state index contributed by atoms with van der Waals surface area (Å²) in [5, 5.41) is 0. The Balaban J connectivity index is 1.85. The number of methoxy groups -OCH3 is 1. The van der Waals surface area contributed by atoms with E-state index in [1.54, 1.807) is 7.11 Å². The smallest absolute Gasteiger partial charge is 0.123 e. The van der Waals surface area contributed by atoms with Crippen LogP contribution < -0.4 is 4.74 Å². The van der Waals surface area contributed by atoms with Gasteiger partial charge in [-0.1, -0.05) is 40.0 Å². The Morgan fingerprint density at radius 1 is 1.29 bits per heavy atom. The Morgan fingerprint density at radius 3 is 2.65 bits per heavy atom. The first kappa shape index (κ1) is 11.6. The summed E-state index contributed by atoms with van der Waals surface area (Å²) < 4.78 is 5.49. The van der Waals surface area contributed by atoms with E-state index in [4.69, 9.17) is 4.74 Å². The normalized spacial score (nSPS) is 32.1. The Kier molecular flexibility index (Phi) is 2.94. The van der Waals surface area contributed by atoms with Gasteiger partial charge in [-0.3, -0.25) is 0 Å². The lowest BCUT2D eigenvalue weighted by Crippen LogP contribution is -2.01. The molecule has 3 rings (SSSR count). The Labute approximate surface area is 112 Å². The number of aryl methyl sites for hydroxylation is 1. The second-order valence-electron chi connectivity index (χ2n) is 5.48. The Bertz CT molecular complexity index is 419. The van der Waals surface area contributed by atoms with Crippen molar-refractivity contribution in [1.29, 1.82) is 0 Å². The van der Waals surface area contributed by atoms with Gasteiger partial charge in [0, 0.05) is 10.4 Å². The van der Waals surface area contributed by atoms with E-state index in [1.807, 2.05) is 0 Å². The second-order valence-corrected chi connectivity index (χ2v) is 6.47. The maximum atomic E-state index is 5.49. The molecule has 1 nitrogen and oxygen atoms in total. The highest BCUT2D eigenvalue weighted by Crippen LogP contribution is 2.65. The molecule has 0 radical (unpaired) electrons. The molecular weight excluding hydrogens is 276 g/mol. The molecule has 2 aliphatic carbocycles. The van der Waals surface area contributed by atoms with Gasteiger partial charge in [0.2, 0.25) is 0 Å². The van der Waals surface area contributed by atoms with E-state index < -0.39 is 0 Å². The molecule has 92 valence electrons. The summed E-state index contributed by atoms with van der Waals surface area (Å²) in [6, 6.07) is 6.49. The summed E-state index contributed by atoms with van der Waals surface area (Å²) in [4.78, 5) is 0.479. The van der Waals surface area contributed by atoms with Crippen molar-refractivity contribution in [3.05, 3.63) is 29.3 Å². The van der Waals surface area contributed by atoms with Crippen LogP contribution in [-0.2, 0) is 0 Å². The van der Waals surface area contributed by atoms with E-state index in [0.29, 0.717) is 4.83 Å². The maximum Gasteiger partial charge on any atom is 0.123 e. The van der Waals surface area contributed by atoms with E-state index in [9.17, 15) is 0 Å². The van der Waals surface area contributed by atoms with Gasteiger partial charge in [0.1, 0.15) is 5.75 Å². The van der Waals surface area contributed by atoms with Crippen molar-refractivity contribution >= 4 is 15.9 Å². The zero-order valence-electron chi connectivity index (χ0n) is 10.4. The molecule has 0 bridgehead atoms. The van der Waals surface area contributed by atoms with Crippen LogP contribution in [0.1, 0.15) is 35.2 Å². The first-order chi connectivity index (χ1) is 8.22. The van der Waals surface area contributed by atoms with E-state index in [0.717, 1.165) is 23.5 Å². The van der Waals surface area contributed by atoms with Crippen LogP contribution in [0.5, 0.6) is 5.75 Å². The molecule has 1 aromatic carbocycles. The lowest BCUT2D eigenvalue weighted by Gasteiger charge is -2.16. The van der Waals surface area contributed by atoms with Crippen LogP contribution in [-0.4, -0.2) is 7.11 Å². The van der Waals surface area contributed by atoms with E-state index >= 15 is 0 Å². The van der Waals surface area contributed by atoms with Crippen LogP contribution in [0.25, 0.3) is 0 Å². The minimum Gasteiger partial charge on any atom is -0.496 e. The van der Waals surface area contributed by atoms with E-state index in [-0.39, 0.29) is 0 Å². The highest BCUT2D eigenvalue weighted by molar-refractivity contribution is 9.09. The Morgan fingerprint density at radius 2 is 2.00 bits per heavy atom. The van der Waals surface area contributed by atoms with Crippen molar-refractivity contribution in [2.45, 2.75) is 31.0 Å². The van der Waals surface area contributed by atoms with Gasteiger partial charge in [0.25, 0.3) is 0 Å². The van der Waals surface area contributed by atoms with Crippen LogP contribution >= 0.6 is 15.9 Å². The van der Waals surface area contributed by atoms with E-state index in [1.165, 1.54) is 30.4 Å². The molecule has 0 spiro atoms. The zero-order chi connectivity index (χ0) is 12.0. The number of hydrogen-bond donors (Lipinski definition) is 0. The number of benzene rings is 1. The molecule has 0 N–H and O–H groups in total. The van der Waals surface area contributed by atoms with Gasteiger partial charge >= 0.3 is 0 Å². The molecule has 2 saturated carbocycles. The SMILES string of the molecule is COc1ccc(C)cc1C(Br)C1C2CCCC21. The summed E-state index contributed by atoms with van der Waals surface area (Å²) in [5.41, 5.74) is 2.66. The summed E-state index contributed by atoms with van der Waals surface area (Å²) in [7, 11) is 1.77. The summed E-state index contributed by atoms with van der Waals surface area (Å²) in [6.45, 7) is 2.15. The number of alkyl halides is 1. The fourth-order valence-corrected chi connectivity index (χ4v) is 4.73. The molecule has 0 aliphatic heterocycles. The molecule has 3 unspecified atom stereocenters. The van der Waals surface area contributed by atoms with Crippen molar-refractivity contribution in [1.82, 2.24) is 0 Å². The number of ether oxygens (including phenoxy) is 1. The van der Waals surface area contributed by atoms with Crippen molar-refractivity contribution in [3.63, 3.8) is 0 Å². The highest BCUT2D eigenvalue weighted by atomic mass is 79.9. The predicted molar refractivity (Wildman–Crippen MR) is 73.7 cm³/mol. The minimum atomic E-state index is 0.479. The van der Waals surface area contributed by atoms with Crippen LogP contribution in [0.15, 0.2) is 18.2 Å². The topological polar surface area (TPSA) is 9.23 Å². The average molecular weight is 295 g/mol. The largest absolute Gasteiger partial charge is 0.496 e. The van der Waals surface area contributed by atoms with Crippen LogP contribution in [0.3, 0.4) is 0 Å². The summed E-state index contributed by atoms with van der Waals surface area (Å²) in [6.07, 6.45) is 4.31. The first-order valence-corrected chi connectivity index (χ1v) is 7.42. The molecule has 2 fully saturated rings. The lowest BCUT2D eigenvalue weighted by atomic mass is 10.0. The van der Waals surface area contributed by atoms with Crippen LogP contribution in [0.2, 0.25) is 0 Å². The number of halogens is 1. The molecule has 1 aromatic rings. The van der Waals surface area contributed by atoms with Gasteiger partial charge in [0.05, 0.1) is 7.11 Å². The number of hydrogen-bond acceptors (Lipinski definition) is 1. The third-order valence-electron chi connectivity index (χ3n) is 4.49. The third-order valence-corrected chi connectivity index (χ3v) is 5.60. The molecule has 0 heterocycles. The standard InChI is InChI=1S/C15H19BrO/c1-9-6-7-13(17-2)12(8-9)15(16)14-10-4-3-5-11(10)14/h6-8,10-11,14-15H,3-5H2,1-2H3. The molecule has 17 heavy (non-hydrogen) atoms. The quantitative estimate of drug-likeness (QED) is 0.747. The zero-order valence-corrected chi connectivity index (χ0v) is 12.0. The molecule has 0 aromatic heterocycles. The average Bonchev–Trinajstić information content (AvgIpc) is 2.81. The van der Waals surface area contributed by atoms with Crippen LogP contribution in [0, 0.1) is 24.7 Å². The first-order valence-electron chi connectivity index (χ1n) is 6.51. The van der Waals surface area contributed by atoms with Gasteiger partial charge in [-0.25, -0.2) is 0 Å². The van der Waals surface area contributed by atoms with E-state index in [2.05, 4.69) is 41.1 Å². The highest BCUT2D eigenvalue weighted by Gasteiger charge is 2.55. The van der Waals surface area contributed by atoms with Gasteiger partial charge < -0.3 is 4.74 Å². The van der Waals surface area contributed by atoms with Crippen molar-refractivity contribution in [2.75, 3.05) is 7.11 Å². The summed E-state index contributed by atoms with van der Waals surface area (Å²) >= 11 is 3.91. The minimum absolute atomic E-state index is 0.479. The van der Waals surface area contributed by atoms with Gasteiger partial charge in [0.15, 0.2) is 0 Å². The molecule has 3 atom stereocenters. The van der Waals surface area contributed by atoms with Gasteiger partial charge in [-0.2, -0.15) is 0 Å². The molecule has 0 amide bonds. The second kappa shape index (κ2) is 4.31. The molecule has 2 aliphatic rings. The molecular formula is C15H19BrO. The van der Waals surface area contributed by atoms with Crippen molar-refractivity contribution in [2.24, 2.45) is 17.8 Å². The third kappa shape index (κ3) is 1.91. The fraction of sp³-hybridized carbons (Fsp3) is 0.600. The molecule has 2 heteroatoms. The van der Waals surface area contributed by atoms with Crippen molar-refractivity contribution in [3.8, 4) is 5.75 Å². The Hall–Kier alpha value is -0.500. The number of fused-ring (bicyclic) bond motifs is 1. The predicted octanol–water partition coefficient (Wildman–Crippen LogP) is 4.49. The summed E-state index contributed by atoms with van der Waals surface area (Å²) in [5.74, 6) is 3.83. The van der Waals surface area contributed by atoms with Gasteiger partial charge in [-0.15, -0.1) is 0 Å². The fourth-order valence-electron chi connectivity index (χ4n) is 3.59.